The molecule has 0 spiro atoms. The number of aromatic nitrogens is 3. The number of hydrogen-bond donors (Lipinski definition) is 1. The van der Waals surface area contributed by atoms with Crippen molar-refractivity contribution in [2.45, 2.75) is 39.3 Å². The lowest BCUT2D eigenvalue weighted by Gasteiger charge is -2.14. The molecule has 4 nitrogen and oxygen atoms in total. The summed E-state index contributed by atoms with van der Waals surface area (Å²) in [6.45, 7) is 8.06. The van der Waals surface area contributed by atoms with Crippen LogP contribution in [0.1, 0.15) is 37.6 Å². The van der Waals surface area contributed by atoms with Crippen LogP contribution in [-0.4, -0.2) is 15.1 Å². The molecule has 0 unspecified atom stereocenters. The van der Waals surface area contributed by atoms with Crippen LogP contribution in [0.25, 0.3) is 33.7 Å². The molecule has 2 aromatic carbocycles. The Morgan fingerprint density at radius 2 is 1.72 bits per heavy atom. The molecule has 0 atom stereocenters. The molecule has 150 valence electrons. The van der Waals surface area contributed by atoms with Gasteiger partial charge in [-0.2, -0.15) is 13.2 Å². The van der Waals surface area contributed by atoms with E-state index in [1.165, 1.54) is 12.1 Å². The largest absolute Gasteiger partial charge is 0.417 e. The van der Waals surface area contributed by atoms with Crippen LogP contribution in [0.4, 0.5) is 13.2 Å². The Hall–Kier alpha value is -3.09. The first-order chi connectivity index (χ1) is 13.6. The van der Waals surface area contributed by atoms with E-state index in [1.54, 1.807) is 24.3 Å². The SMILES string of the molecule is Cc1c(C(C)(C)C)noc1-c1nc2ccc(-c3ccccc3C(F)(F)F)cc2[nH]1. The highest BCUT2D eigenvalue weighted by Crippen LogP contribution is 2.38. The van der Waals surface area contributed by atoms with Crippen molar-refractivity contribution in [3.8, 4) is 22.7 Å². The normalized spacial score (nSPS) is 12.7. The molecule has 2 heterocycles. The van der Waals surface area contributed by atoms with Gasteiger partial charge in [-0.3, -0.25) is 0 Å². The first-order valence-corrected chi connectivity index (χ1v) is 9.19. The Morgan fingerprint density at radius 3 is 2.38 bits per heavy atom. The van der Waals surface area contributed by atoms with Crippen molar-refractivity contribution in [2.24, 2.45) is 0 Å². The maximum atomic E-state index is 13.4. The highest BCUT2D eigenvalue weighted by molar-refractivity contribution is 5.85. The second-order valence-electron chi connectivity index (χ2n) is 8.10. The van der Waals surface area contributed by atoms with E-state index in [-0.39, 0.29) is 11.0 Å². The summed E-state index contributed by atoms with van der Waals surface area (Å²) in [7, 11) is 0. The summed E-state index contributed by atoms with van der Waals surface area (Å²) in [5.74, 6) is 1.03. The molecule has 0 aliphatic carbocycles. The maximum absolute atomic E-state index is 13.4. The summed E-state index contributed by atoms with van der Waals surface area (Å²) in [5.41, 5.74) is 2.75. The average molecular weight is 399 g/mol. The number of benzene rings is 2. The van der Waals surface area contributed by atoms with Crippen molar-refractivity contribution >= 4 is 11.0 Å². The minimum absolute atomic E-state index is 0.129. The van der Waals surface area contributed by atoms with Gasteiger partial charge in [-0.25, -0.2) is 4.98 Å². The summed E-state index contributed by atoms with van der Waals surface area (Å²) in [5, 5.41) is 4.18. The van der Waals surface area contributed by atoms with Crippen molar-refractivity contribution in [1.29, 1.82) is 0 Å². The molecule has 0 amide bonds. The zero-order valence-corrected chi connectivity index (χ0v) is 16.5. The van der Waals surface area contributed by atoms with Gasteiger partial charge in [0.1, 0.15) is 0 Å². The zero-order valence-electron chi connectivity index (χ0n) is 16.5. The van der Waals surface area contributed by atoms with Crippen LogP contribution in [0, 0.1) is 6.92 Å². The Bertz CT molecular complexity index is 1200. The van der Waals surface area contributed by atoms with Gasteiger partial charge in [-0.15, -0.1) is 0 Å². The number of halogens is 3. The van der Waals surface area contributed by atoms with E-state index < -0.39 is 11.7 Å². The van der Waals surface area contributed by atoms with E-state index in [9.17, 15) is 13.2 Å². The summed E-state index contributed by atoms with van der Waals surface area (Å²) < 4.78 is 45.7. The minimum Gasteiger partial charge on any atom is -0.352 e. The van der Waals surface area contributed by atoms with Crippen LogP contribution in [0.15, 0.2) is 47.0 Å². The number of fused-ring (bicyclic) bond motifs is 1. The lowest BCUT2D eigenvalue weighted by molar-refractivity contribution is -0.137. The summed E-state index contributed by atoms with van der Waals surface area (Å²) >= 11 is 0. The number of aromatic amines is 1. The molecule has 7 heteroatoms. The zero-order chi connectivity index (χ0) is 21.0. The highest BCUT2D eigenvalue weighted by Gasteiger charge is 2.33. The van der Waals surface area contributed by atoms with Crippen molar-refractivity contribution < 1.29 is 17.7 Å². The first kappa shape index (κ1) is 19.2. The highest BCUT2D eigenvalue weighted by atomic mass is 19.4. The lowest BCUT2D eigenvalue weighted by Crippen LogP contribution is -2.13. The predicted molar refractivity (Wildman–Crippen MR) is 105 cm³/mol. The van der Waals surface area contributed by atoms with Crippen molar-refractivity contribution in [3.63, 3.8) is 0 Å². The molecule has 29 heavy (non-hydrogen) atoms. The van der Waals surface area contributed by atoms with Gasteiger partial charge in [0.15, 0.2) is 5.82 Å². The summed E-state index contributed by atoms with van der Waals surface area (Å²) in [4.78, 5) is 7.69. The maximum Gasteiger partial charge on any atom is 0.417 e. The minimum atomic E-state index is -4.43. The van der Waals surface area contributed by atoms with Gasteiger partial charge < -0.3 is 9.51 Å². The standard InChI is InChI=1S/C22H20F3N3O/c1-12-18(29-28-19(12)21(2,3)4)20-26-16-10-9-13(11-17(16)27-20)14-7-5-6-8-15(14)22(23,24)25/h5-11H,1-4H3,(H,26,27). The Balaban J connectivity index is 1.80. The van der Waals surface area contributed by atoms with Gasteiger partial charge >= 0.3 is 6.18 Å². The van der Waals surface area contributed by atoms with Crippen LogP contribution in [-0.2, 0) is 11.6 Å². The third kappa shape index (κ3) is 3.41. The fourth-order valence-electron chi connectivity index (χ4n) is 3.52. The predicted octanol–water partition coefficient (Wildman–Crippen LogP) is 6.51. The molecule has 4 aromatic rings. The number of alkyl halides is 3. The molecule has 0 radical (unpaired) electrons. The number of hydrogen-bond acceptors (Lipinski definition) is 3. The molecule has 0 bridgehead atoms. The van der Waals surface area contributed by atoms with Gasteiger partial charge in [-0.1, -0.05) is 50.2 Å². The first-order valence-electron chi connectivity index (χ1n) is 9.19. The molecule has 0 aliphatic rings. The summed E-state index contributed by atoms with van der Waals surface area (Å²) in [6.07, 6.45) is -4.43. The van der Waals surface area contributed by atoms with E-state index in [2.05, 4.69) is 15.1 Å². The van der Waals surface area contributed by atoms with Crippen molar-refractivity contribution in [3.05, 3.63) is 59.3 Å². The van der Waals surface area contributed by atoms with E-state index in [0.717, 1.165) is 17.3 Å². The second kappa shape index (κ2) is 6.47. The number of H-pyrrole nitrogens is 1. The van der Waals surface area contributed by atoms with Gasteiger partial charge in [0.05, 0.1) is 22.3 Å². The van der Waals surface area contributed by atoms with Gasteiger partial charge in [0, 0.05) is 11.0 Å². The van der Waals surface area contributed by atoms with Crippen LogP contribution in [0.5, 0.6) is 0 Å². The Morgan fingerprint density at radius 1 is 1.00 bits per heavy atom. The van der Waals surface area contributed by atoms with Crippen LogP contribution in [0.3, 0.4) is 0 Å². The molecule has 0 aliphatic heterocycles. The van der Waals surface area contributed by atoms with E-state index in [0.29, 0.717) is 28.2 Å². The quantitative estimate of drug-likeness (QED) is 0.418. The number of rotatable bonds is 2. The topological polar surface area (TPSA) is 54.7 Å². The van der Waals surface area contributed by atoms with E-state index >= 15 is 0 Å². The smallest absolute Gasteiger partial charge is 0.352 e. The van der Waals surface area contributed by atoms with Crippen LogP contribution < -0.4 is 0 Å². The fourth-order valence-corrected chi connectivity index (χ4v) is 3.52. The van der Waals surface area contributed by atoms with Gasteiger partial charge in [0.2, 0.25) is 5.76 Å². The molecular formula is C22H20F3N3O. The number of imidazole rings is 1. The van der Waals surface area contributed by atoms with Gasteiger partial charge in [0.25, 0.3) is 0 Å². The van der Waals surface area contributed by atoms with Gasteiger partial charge in [-0.05, 0) is 36.2 Å². The molecule has 4 rings (SSSR count). The molecular weight excluding hydrogens is 379 g/mol. The molecule has 0 fully saturated rings. The molecule has 0 saturated carbocycles. The number of nitrogens with one attached hydrogen (secondary N) is 1. The van der Waals surface area contributed by atoms with Crippen molar-refractivity contribution in [2.75, 3.05) is 0 Å². The third-order valence-corrected chi connectivity index (χ3v) is 4.87. The molecule has 1 N–H and O–H groups in total. The van der Waals surface area contributed by atoms with Crippen LogP contribution in [0.2, 0.25) is 0 Å². The average Bonchev–Trinajstić information content (AvgIpc) is 3.23. The summed E-state index contributed by atoms with van der Waals surface area (Å²) in [6, 6.07) is 10.6. The monoisotopic (exact) mass is 399 g/mol. The molecule has 0 saturated heterocycles. The third-order valence-electron chi connectivity index (χ3n) is 4.87. The van der Waals surface area contributed by atoms with E-state index in [4.69, 9.17) is 4.52 Å². The van der Waals surface area contributed by atoms with Crippen molar-refractivity contribution in [1.82, 2.24) is 15.1 Å². The molecule has 2 aromatic heterocycles. The lowest BCUT2D eigenvalue weighted by atomic mass is 9.89. The van der Waals surface area contributed by atoms with E-state index in [1.807, 2.05) is 27.7 Å². The Labute approximate surface area is 165 Å². The second-order valence-corrected chi connectivity index (χ2v) is 8.10. The number of nitrogens with zero attached hydrogens (tertiary/aromatic N) is 2. The Kier molecular flexibility index (Phi) is 4.29. The fraction of sp³-hybridized carbons (Fsp3) is 0.273. The van der Waals surface area contributed by atoms with Crippen LogP contribution >= 0.6 is 0 Å².